The average Bonchev–Trinajstić information content (AvgIpc) is 3.39. The van der Waals surface area contributed by atoms with Crippen LogP contribution in [0.25, 0.3) is 0 Å². The van der Waals surface area contributed by atoms with Gasteiger partial charge in [0.1, 0.15) is 19.3 Å². The smallest absolute Gasteiger partial charge is 0.456 e. The van der Waals surface area contributed by atoms with Crippen LogP contribution in [0.4, 0.5) is 0 Å². The lowest BCUT2D eigenvalue weighted by Crippen LogP contribution is -2.47. The molecule has 0 aliphatic rings. The van der Waals surface area contributed by atoms with Gasteiger partial charge in [0.05, 0.1) is 33.8 Å². The summed E-state index contributed by atoms with van der Waals surface area (Å²) in [7, 11) is 1.51. The van der Waals surface area contributed by atoms with Crippen LogP contribution in [0.5, 0.6) is 0 Å². The minimum atomic E-state index is -4.44. The number of esters is 1. The van der Waals surface area contributed by atoms with Crippen molar-refractivity contribution in [3.05, 3.63) is 24.3 Å². The Hall–Kier alpha value is -1.51. The molecule has 0 aliphatic heterocycles. The lowest BCUT2D eigenvalue weighted by atomic mass is 10.0. The molecule has 3 unspecified atom stereocenters. The summed E-state index contributed by atoms with van der Waals surface area (Å²) in [6.45, 7) is 7.06. The van der Waals surface area contributed by atoms with Gasteiger partial charge in [-0.2, -0.15) is 0 Å². The topological polar surface area (TPSA) is 111 Å². The third-order valence-corrected chi connectivity index (χ3v) is 16.4. The second-order valence-electron chi connectivity index (χ2n) is 24.4. The molecule has 3 atom stereocenters. The van der Waals surface area contributed by atoms with Gasteiger partial charge in [-0.1, -0.05) is 296 Å². The van der Waals surface area contributed by atoms with Gasteiger partial charge in [0.25, 0.3) is 0 Å². The minimum Gasteiger partial charge on any atom is -0.456 e. The first kappa shape index (κ1) is 75.5. The number of rotatable bonds is 62. The number of phosphoric acid groups is 1. The lowest BCUT2D eigenvalue weighted by molar-refractivity contribution is -0.870. The number of nitrogens with one attached hydrogen (secondary N) is 1. The summed E-state index contributed by atoms with van der Waals surface area (Å²) in [4.78, 5) is 37.8. The van der Waals surface area contributed by atoms with E-state index in [1.54, 1.807) is 0 Å². The normalized spacial score (nSPS) is 13.7. The molecule has 0 aromatic heterocycles. The number of nitrogens with zero attached hydrogens (tertiary/aromatic N) is 1. The largest absolute Gasteiger partial charge is 0.472 e. The van der Waals surface area contributed by atoms with Crippen LogP contribution in [0.15, 0.2) is 24.3 Å². The van der Waals surface area contributed by atoms with Crippen LogP contribution < -0.4 is 5.32 Å². The highest BCUT2D eigenvalue weighted by Crippen LogP contribution is 2.43. The van der Waals surface area contributed by atoms with Crippen LogP contribution in [-0.4, -0.2) is 74.3 Å². The number of phosphoric ester groups is 1. The molecule has 0 radical (unpaired) electrons. The van der Waals surface area contributed by atoms with E-state index in [-0.39, 0.29) is 25.1 Å². The maximum absolute atomic E-state index is 13.6. The summed E-state index contributed by atoms with van der Waals surface area (Å²) in [5.41, 5.74) is 0. The molecule has 77 heavy (non-hydrogen) atoms. The van der Waals surface area contributed by atoms with Crippen molar-refractivity contribution in [1.29, 1.82) is 0 Å². The van der Waals surface area contributed by atoms with Crippen LogP contribution in [-0.2, 0) is 27.9 Å². The van der Waals surface area contributed by atoms with Gasteiger partial charge < -0.3 is 19.4 Å². The Morgan fingerprint density at radius 2 is 0.753 bits per heavy atom. The Kier molecular flexibility index (Phi) is 56.6. The number of carbonyl (C=O) groups is 2. The number of quaternary nitrogens is 1. The highest BCUT2D eigenvalue weighted by Gasteiger charge is 2.30. The number of ether oxygens (including phenoxy) is 1. The van der Waals surface area contributed by atoms with Gasteiger partial charge in [-0.15, -0.1) is 0 Å². The quantitative estimate of drug-likeness (QED) is 0.0205. The summed E-state index contributed by atoms with van der Waals surface area (Å²) < 4.78 is 30.8. The van der Waals surface area contributed by atoms with Crippen molar-refractivity contribution in [2.75, 3.05) is 40.9 Å². The fraction of sp³-hybridized carbons (Fsp3) is 0.910. The predicted octanol–water partition coefficient (Wildman–Crippen LogP) is 20.9. The highest BCUT2D eigenvalue weighted by molar-refractivity contribution is 7.47. The van der Waals surface area contributed by atoms with Crippen molar-refractivity contribution >= 4 is 19.7 Å². The van der Waals surface area contributed by atoms with E-state index >= 15 is 0 Å². The molecule has 10 heteroatoms. The number of hydrogen-bond acceptors (Lipinski definition) is 6. The second-order valence-corrected chi connectivity index (χ2v) is 25.8. The molecule has 0 aromatic rings. The highest BCUT2D eigenvalue weighted by atomic mass is 31.2. The zero-order valence-corrected chi connectivity index (χ0v) is 53.1. The predicted molar refractivity (Wildman–Crippen MR) is 333 cm³/mol. The van der Waals surface area contributed by atoms with Crippen LogP contribution in [0.2, 0.25) is 0 Å². The number of unbranched alkanes of at least 4 members (excludes halogenated alkanes) is 44. The Morgan fingerprint density at radius 3 is 1.10 bits per heavy atom. The molecule has 2 N–H and O–H groups in total. The molecular formula is C67H132N2O7P+. The zero-order valence-electron chi connectivity index (χ0n) is 52.2. The first-order valence-electron chi connectivity index (χ1n) is 33.7. The van der Waals surface area contributed by atoms with E-state index in [1.165, 1.54) is 250 Å². The van der Waals surface area contributed by atoms with Crippen molar-refractivity contribution in [3.63, 3.8) is 0 Å². The Morgan fingerprint density at radius 1 is 0.442 bits per heavy atom. The maximum atomic E-state index is 13.6. The number of likely N-dealkylation sites (N-methyl/N-ethyl adjacent to an activating group) is 1. The lowest BCUT2D eigenvalue weighted by Gasteiger charge is -2.27. The molecule has 9 nitrogen and oxygen atoms in total. The fourth-order valence-electron chi connectivity index (χ4n) is 10.2. The molecule has 456 valence electrons. The summed E-state index contributed by atoms with van der Waals surface area (Å²) in [5.74, 6) is -0.488. The second kappa shape index (κ2) is 57.7. The van der Waals surface area contributed by atoms with Crippen molar-refractivity contribution in [3.8, 4) is 0 Å². The van der Waals surface area contributed by atoms with Gasteiger partial charge in [-0.3, -0.25) is 18.6 Å². The molecule has 0 aromatic carbocycles. The van der Waals surface area contributed by atoms with Crippen molar-refractivity contribution in [1.82, 2.24) is 5.32 Å². The molecule has 0 fully saturated rings. The molecule has 0 bridgehead atoms. The molecule has 0 heterocycles. The molecular weight excluding hydrogens is 976 g/mol. The molecule has 0 aliphatic carbocycles. The van der Waals surface area contributed by atoms with Gasteiger partial charge in [0.15, 0.2) is 0 Å². The first-order valence-corrected chi connectivity index (χ1v) is 35.2. The van der Waals surface area contributed by atoms with Crippen molar-refractivity contribution in [2.24, 2.45) is 0 Å². The molecule has 0 saturated carbocycles. The van der Waals surface area contributed by atoms with Gasteiger partial charge in [0, 0.05) is 12.8 Å². The number of allylic oxidation sites excluding steroid dienone is 3. The van der Waals surface area contributed by atoms with Gasteiger partial charge in [-0.05, 0) is 57.4 Å². The Balaban J connectivity index is 5.08. The van der Waals surface area contributed by atoms with Crippen LogP contribution in [0.3, 0.4) is 0 Å². The van der Waals surface area contributed by atoms with Crippen LogP contribution >= 0.6 is 7.82 Å². The summed E-state index contributed by atoms with van der Waals surface area (Å²) in [6.07, 6.45) is 69.0. The Labute approximate surface area is 479 Å². The van der Waals surface area contributed by atoms with E-state index in [9.17, 15) is 19.0 Å². The summed E-state index contributed by atoms with van der Waals surface area (Å²) in [6, 6.07) is -0.844. The van der Waals surface area contributed by atoms with Crippen LogP contribution in [0, 0.1) is 0 Å². The maximum Gasteiger partial charge on any atom is 0.472 e. The van der Waals surface area contributed by atoms with Gasteiger partial charge in [0.2, 0.25) is 5.91 Å². The average molecular weight is 1110 g/mol. The van der Waals surface area contributed by atoms with Crippen molar-refractivity contribution < 1.29 is 37.3 Å². The fourth-order valence-corrected chi connectivity index (χ4v) is 10.9. The SMILES string of the molecule is CCCCCCCC/C=C/CCCCCCCCCCCC(=O)NC(COP(=O)(O)OCC[N+](C)(C)C)C(/C=C/CCCCCCCCCCC)OC(=O)CCCCCCCCCCCCCCCCCCCCCCC. The minimum absolute atomic E-state index is 0.0435. The molecule has 0 saturated heterocycles. The van der Waals surface area contributed by atoms with E-state index in [0.29, 0.717) is 23.9 Å². The molecule has 0 rings (SSSR count). The summed E-state index contributed by atoms with van der Waals surface area (Å²) >= 11 is 0. The van der Waals surface area contributed by atoms with Crippen LogP contribution in [0.1, 0.15) is 342 Å². The van der Waals surface area contributed by atoms with Gasteiger partial charge in [-0.25, -0.2) is 4.57 Å². The number of amides is 1. The number of hydrogen-bond donors (Lipinski definition) is 2. The van der Waals surface area contributed by atoms with E-state index in [1.807, 2.05) is 33.3 Å². The van der Waals surface area contributed by atoms with Crippen molar-refractivity contribution in [2.45, 2.75) is 354 Å². The third kappa shape index (κ3) is 58.9. The van der Waals surface area contributed by atoms with E-state index in [2.05, 4.69) is 38.2 Å². The first-order chi connectivity index (χ1) is 37.4. The molecule has 0 spiro atoms. The zero-order chi connectivity index (χ0) is 56.4. The third-order valence-electron chi connectivity index (χ3n) is 15.4. The number of carbonyl (C=O) groups excluding carboxylic acids is 2. The van der Waals surface area contributed by atoms with Gasteiger partial charge >= 0.3 is 13.8 Å². The Bertz CT molecular complexity index is 1370. The monoisotopic (exact) mass is 1110 g/mol. The van der Waals surface area contributed by atoms with E-state index < -0.39 is 20.0 Å². The van der Waals surface area contributed by atoms with E-state index in [4.69, 9.17) is 13.8 Å². The van der Waals surface area contributed by atoms with E-state index in [0.717, 1.165) is 57.8 Å². The summed E-state index contributed by atoms with van der Waals surface area (Å²) in [5, 5.41) is 3.07. The standard InChI is InChI=1S/C67H131N2O7P/c1-7-10-13-16-19-22-25-27-29-31-33-34-36-38-40-42-45-48-51-54-57-60-67(71)76-65(58-55-52-49-46-43-24-21-18-15-12-9-3)64(63-75-77(72,73)74-62-61-69(4,5)6)68-66(70)59-56-53-50-47-44-41-39-37-35-32-30-28-26-23-20-17-14-11-8-2/h28,30,55,58,64-65H,7-27,29,31-54,56-57,59-63H2,1-6H3,(H-,68,70,72,73)/p+1/b30-28+,58-55+. The molecule has 1 amide bonds.